The van der Waals surface area contributed by atoms with Crippen LogP contribution >= 0.6 is 11.9 Å². The lowest BCUT2D eigenvalue weighted by molar-refractivity contribution is 0.352. The fourth-order valence-electron chi connectivity index (χ4n) is 2.79. The molecule has 2 rings (SSSR count). The molecule has 0 fully saturated rings. The molecule has 0 amide bonds. The molecule has 29 heavy (non-hydrogen) atoms. The molecular formula is C24H29N3OS. The topological polar surface area (TPSA) is 36.9 Å². The highest BCUT2D eigenvalue weighted by atomic mass is 32.2. The molecule has 1 unspecified atom stereocenters. The van der Waals surface area contributed by atoms with Gasteiger partial charge in [-0.25, -0.2) is 4.99 Å². The summed E-state index contributed by atoms with van der Waals surface area (Å²) in [5, 5.41) is 3.39. The van der Waals surface area contributed by atoms with Crippen molar-refractivity contribution in [2.24, 2.45) is 4.99 Å². The van der Waals surface area contributed by atoms with Gasteiger partial charge in [-0.1, -0.05) is 55.2 Å². The van der Waals surface area contributed by atoms with Crippen molar-refractivity contribution in [2.45, 2.75) is 26.8 Å². The second kappa shape index (κ2) is 10.6. The van der Waals surface area contributed by atoms with E-state index in [1.54, 1.807) is 18.2 Å². The van der Waals surface area contributed by atoms with E-state index in [0.29, 0.717) is 11.7 Å². The van der Waals surface area contributed by atoms with Crippen LogP contribution in [0.2, 0.25) is 0 Å². The number of ether oxygens (including phenoxy) is 1. The van der Waals surface area contributed by atoms with Gasteiger partial charge in [-0.05, 0) is 56.5 Å². The molecule has 1 aromatic rings. The van der Waals surface area contributed by atoms with E-state index in [2.05, 4.69) is 38.0 Å². The predicted molar refractivity (Wildman–Crippen MR) is 127 cm³/mol. The molecule has 1 heterocycles. The Hall–Kier alpha value is -2.92. The maximum atomic E-state index is 6.27. The Bertz CT molecular complexity index is 909. The summed E-state index contributed by atoms with van der Waals surface area (Å²) in [6, 6.07) is 5.93. The summed E-state index contributed by atoms with van der Waals surface area (Å²) < 4.78 is 8.23. The minimum absolute atomic E-state index is 0.172. The van der Waals surface area contributed by atoms with Gasteiger partial charge < -0.3 is 10.1 Å². The van der Waals surface area contributed by atoms with Crippen LogP contribution in [0.5, 0.6) is 5.75 Å². The Morgan fingerprint density at radius 2 is 2.03 bits per heavy atom. The Balaban J connectivity index is 2.47. The molecule has 0 spiro atoms. The van der Waals surface area contributed by atoms with Crippen LogP contribution in [0, 0.1) is 13.8 Å². The standard InChI is InChI=1S/C24H29N3OS/c1-8-12-19(13-9-2)29-27(7)23-24(26-21(11-4)20(10-3)25-23)28-22-15-14-17(5)16-18(22)6/h8-16,21,26H,1,3-4H2,2,5-7H3/b13-9-,19-12+. The Morgan fingerprint density at radius 3 is 2.62 bits per heavy atom. The molecule has 1 aliphatic rings. The van der Waals surface area contributed by atoms with Crippen LogP contribution in [-0.4, -0.2) is 23.1 Å². The van der Waals surface area contributed by atoms with Crippen molar-refractivity contribution >= 4 is 17.7 Å². The van der Waals surface area contributed by atoms with Gasteiger partial charge in [0.1, 0.15) is 5.75 Å². The van der Waals surface area contributed by atoms with Crippen molar-refractivity contribution in [2.75, 3.05) is 7.05 Å². The zero-order valence-corrected chi connectivity index (χ0v) is 18.4. The quantitative estimate of drug-likeness (QED) is 0.318. The van der Waals surface area contributed by atoms with Crippen molar-refractivity contribution in [1.82, 2.24) is 9.62 Å². The maximum Gasteiger partial charge on any atom is 0.238 e. The highest BCUT2D eigenvalue weighted by Gasteiger charge is 2.25. The first kappa shape index (κ1) is 22.4. The van der Waals surface area contributed by atoms with Gasteiger partial charge in [0.25, 0.3) is 0 Å². The first-order chi connectivity index (χ1) is 13.9. The van der Waals surface area contributed by atoms with Crippen LogP contribution in [0.4, 0.5) is 0 Å². The number of rotatable bonds is 9. The molecule has 152 valence electrons. The summed E-state index contributed by atoms with van der Waals surface area (Å²) in [5.41, 5.74) is 3.04. The van der Waals surface area contributed by atoms with E-state index in [1.807, 2.05) is 55.6 Å². The summed E-state index contributed by atoms with van der Waals surface area (Å²) >= 11 is 1.53. The summed E-state index contributed by atoms with van der Waals surface area (Å²) in [5.74, 6) is 2.02. The van der Waals surface area contributed by atoms with Gasteiger partial charge >= 0.3 is 0 Å². The maximum absolute atomic E-state index is 6.27. The van der Waals surface area contributed by atoms with E-state index in [4.69, 9.17) is 9.73 Å². The molecule has 0 aliphatic carbocycles. The van der Waals surface area contributed by atoms with Crippen molar-refractivity contribution in [1.29, 1.82) is 0 Å². The van der Waals surface area contributed by atoms with Crippen LogP contribution in [0.15, 0.2) is 96.0 Å². The SMILES string of the molecule is C=C/C=C(\C=C/C)SN(C)C1=C(Oc2ccc(C)cc2C)NC(C=C)C(C=C)=N1. The molecule has 0 aromatic heterocycles. The van der Waals surface area contributed by atoms with Crippen molar-refractivity contribution in [3.05, 3.63) is 102 Å². The van der Waals surface area contributed by atoms with E-state index < -0.39 is 0 Å². The number of benzene rings is 1. The lowest BCUT2D eigenvalue weighted by atomic mass is 10.1. The van der Waals surface area contributed by atoms with Gasteiger partial charge in [-0.15, -0.1) is 6.58 Å². The normalized spacial score (nSPS) is 16.9. The molecule has 1 N–H and O–H groups in total. The Kier molecular flexibility index (Phi) is 8.16. The minimum atomic E-state index is -0.172. The Morgan fingerprint density at radius 1 is 1.28 bits per heavy atom. The number of hydrogen-bond acceptors (Lipinski definition) is 5. The van der Waals surface area contributed by atoms with Crippen LogP contribution in [-0.2, 0) is 0 Å². The van der Waals surface area contributed by atoms with E-state index in [9.17, 15) is 0 Å². The first-order valence-electron chi connectivity index (χ1n) is 9.40. The van der Waals surface area contributed by atoms with Crippen LogP contribution < -0.4 is 10.1 Å². The van der Waals surface area contributed by atoms with Crippen molar-refractivity contribution in [3.63, 3.8) is 0 Å². The molecule has 0 saturated heterocycles. The lowest BCUT2D eigenvalue weighted by Crippen LogP contribution is -2.40. The smallest absolute Gasteiger partial charge is 0.238 e. The minimum Gasteiger partial charge on any atom is -0.437 e. The monoisotopic (exact) mass is 407 g/mol. The van der Waals surface area contributed by atoms with E-state index in [-0.39, 0.29) is 6.04 Å². The molecule has 0 bridgehead atoms. The Labute approximate surface area is 178 Å². The number of aliphatic imine (C=N–C) groups is 1. The molecule has 1 aliphatic heterocycles. The molecule has 1 atom stereocenters. The van der Waals surface area contributed by atoms with Gasteiger partial charge in [0.2, 0.25) is 11.7 Å². The highest BCUT2D eigenvalue weighted by Crippen LogP contribution is 2.30. The number of nitrogens with one attached hydrogen (secondary N) is 1. The summed E-state index contributed by atoms with van der Waals surface area (Å²) in [4.78, 5) is 5.83. The van der Waals surface area contributed by atoms with Gasteiger partial charge in [0.05, 0.1) is 11.8 Å². The van der Waals surface area contributed by atoms with Gasteiger partial charge in [-0.3, -0.25) is 4.31 Å². The second-order valence-corrected chi connectivity index (χ2v) is 7.72. The largest absolute Gasteiger partial charge is 0.437 e. The number of nitrogens with zero attached hydrogens (tertiary/aromatic N) is 2. The zero-order valence-electron chi connectivity index (χ0n) is 17.6. The third kappa shape index (κ3) is 5.78. The van der Waals surface area contributed by atoms with E-state index in [0.717, 1.165) is 21.9 Å². The highest BCUT2D eigenvalue weighted by molar-refractivity contribution is 8.01. The molecule has 5 heteroatoms. The fraction of sp³-hybridized carbons (Fsp3) is 0.208. The van der Waals surface area contributed by atoms with Crippen LogP contribution in [0.3, 0.4) is 0 Å². The predicted octanol–water partition coefficient (Wildman–Crippen LogP) is 5.82. The van der Waals surface area contributed by atoms with Crippen molar-refractivity contribution < 1.29 is 4.74 Å². The van der Waals surface area contributed by atoms with Gasteiger partial charge in [0.15, 0.2) is 0 Å². The molecule has 0 radical (unpaired) electrons. The van der Waals surface area contributed by atoms with E-state index >= 15 is 0 Å². The number of aryl methyl sites for hydroxylation is 2. The van der Waals surface area contributed by atoms with Gasteiger partial charge in [0, 0.05) is 12.0 Å². The number of hydrogen-bond donors (Lipinski definition) is 1. The summed E-state index contributed by atoms with van der Waals surface area (Å²) in [7, 11) is 1.95. The zero-order chi connectivity index (χ0) is 21.4. The molecular weight excluding hydrogens is 378 g/mol. The second-order valence-electron chi connectivity index (χ2n) is 6.52. The average Bonchev–Trinajstić information content (AvgIpc) is 2.69. The third-order valence-corrected chi connectivity index (χ3v) is 5.11. The van der Waals surface area contributed by atoms with E-state index in [1.165, 1.54) is 17.5 Å². The summed E-state index contributed by atoms with van der Waals surface area (Å²) in [6.45, 7) is 17.7. The molecule has 0 saturated carbocycles. The van der Waals surface area contributed by atoms with Crippen LogP contribution in [0.1, 0.15) is 18.1 Å². The molecule has 1 aromatic carbocycles. The van der Waals surface area contributed by atoms with Gasteiger partial charge in [-0.2, -0.15) is 0 Å². The molecule has 4 nitrogen and oxygen atoms in total. The third-order valence-electron chi connectivity index (χ3n) is 4.18. The fourth-order valence-corrected chi connectivity index (χ4v) is 3.67. The van der Waals surface area contributed by atoms with Crippen LogP contribution in [0.25, 0.3) is 0 Å². The van der Waals surface area contributed by atoms with Crippen molar-refractivity contribution in [3.8, 4) is 5.75 Å². The number of allylic oxidation sites excluding steroid dienone is 4. The first-order valence-corrected chi connectivity index (χ1v) is 10.2. The lowest BCUT2D eigenvalue weighted by Gasteiger charge is -2.29. The average molecular weight is 408 g/mol. The summed E-state index contributed by atoms with van der Waals surface area (Å²) in [6.07, 6.45) is 11.3.